The van der Waals surface area contributed by atoms with Gasteiger partial charge in [0.2, 0.25) is 5.91 Å². The van der Waals surface area contributed by atoms with Gasteiger partial charge >= 0.3 is 0 Å². The predicted molar refractivity (Wildman–Crippen MR) is 111 cm³/mol. The van der Waals surface area contributed by atoms with E-state index >= 15 is 0 Å². The highest BCUT2D eigenvalue weighted by Gasteiger charge is 2.23. The molecule has 4 heteroatoms. The fraction of sp³-hybridized carbons (Fsp3) is 0.227. The van der Waals surface area contributed by atoms with Crippen molar-refractivity contribution in [2.24, 2.45) is 0 Å². The Labute approximate surface area is 162 Å². The molecule has 2 heterocycles. The van der Waals surface area contributed by atoms with Crippen molar-refractivity contribution in [3.63, 3.8) is 0 Å². The topological polar surface area (TPSA) is 20.3 Å². The lowest BCUT2D eigenvalue weighted by atomic mass is 10.0. The molecule has 0 fully saturated rings. The zero-order valence-electron chi connectivity index (χ0n) is 14.5. The minimum atomic E-state index is 0.183. The van der Waals surface area contributed by atoms with Gasteiger partial charge in [-0.2, -0.15) is 0 Å². The fourth-order valence-electron chi connectivity index (χ4n) is 3.35. The molecule has 0 unspecified atom stereocenters. The van der Waals surface area contributed by atoms with E-state index in [2.05, 4.69) is 60.0 Å². The third-order valence-corrected chi connectivity index (χ3v) is 7.05. The highest BCUT2D eigenvalue weighted by Crippen LogP contribution is 2.36. The molecule has 2 nitrogen and oxygen atoms in total. The van der Waals surface area contributed by atoms with E-state index < -0.39 is 0 Å². The molecule has 1 aliphatic heterocycles. The Morgan fingerprint density at radius 3 is 2.31 bits per heavy atom. The lowest BCUT2D eigenvalue weighted by Crippen LogP contribution is -2.36. The van der Waals surface area contributed by atoms with E-state index in [-0.39, 0.29) is 11.2 Å². The van der Waals surface area contributed by atoms with Gasteiger partial charge in [0.05, 0.1) is 11.0 Å². The molecule has 132 valence electrons. The number of carbonyl (C=O) groups excluding carboxylic acids is 1. The summed E-state index contributed by atoms with van der Waals surface area (Å²) in [7, 11) is 0. The highest BCUT2D eigenvalue weighted by atomic mass is 32.2. The Balaban J connectivity index is 1.46. The summed E-state index contributed by atoms with van der Waals surface area (Å²) >= 11 is 3.53. The number of thioether (sulfide) groups is 1. The monoisotopic (exact) mass is 379 g/mol. The molecular formula is C22H21NOS2. The molecule has 3 aromatic rings. The molecule has 0 aliphatic carbocycles. The number of hydrogen-bond donors (Lipinski definition) is 0. The molecule has 1 aliphatic rings. The lowest BCUT2D eigenvalue weighted by Gasteiger charge is -2.27. The number of hydrogen-bond acceptors (Lipinski definition) is 3. The van der Waals surface area contributed by atoms with Crippen molar-refractivity contribution in [3.05, 3.63) is 93.7 Å². The van der Waals surface area contributed by atoms with E-state index in [0.29, 0.717) is 5.75 Å². The van der Waals surface area contributed by atoms with E-state index in [4.69, 9.17) is 0 Å². The van der Waals surface area contributed by atoms with Crippen LogP contribution in [0.15, 0.2) is 72.1 Å². The smallest absolute Gasteiger partial charge is 0.232 e. The lowest BCUT2D eigenvalue weighted by molar-refractivity contribution is -0.129. The Morgan fingerprint density at radius 2 is 1.65 bits per heavy atom. The maximum atomic E-state index is 12.8. The SMILES string of the molecule is O=C(CSC(c1ccccc1)c1ccccc1)N1CCc2sccc2C1. The van der Waals surface area contributed by atoms with Gasteiger partial charge in [-0.1, -0.05) is 60.7 Å². The maximum Gasteiger partial charge on any atom is 0.232 e. The number of fused-ring (bicyclic) bond motifs is 1. The molecule has 0 N–H and O–H groups in total. The van der Waals surface area contributed by atoms with Crippen LogP contribution in [0.3, 0.4) is 0 Å². The summed E-state index contributed by atoms with van der Waals surface area (Å²) in [4.78, 5) is 16.3. The molecule has 0 saturated heterocycles. The van der Waals surface area contributed by atoms with Crippen LogP contribution in [-0.2, 0) is 17.8 Å². The Hall–Kier alpha value is -2.04. The molecular weight excluding hydrogens is 358 g/mol. The Bertz CT molecular complexity index is 821. The van der Waals surface area contributed by atoms with Gasteiger partial charge in [-0.15, -0.1) is 23.1 Å². The Morgan fingerprint density at radius 1 is 1.00 bits per heavy atom. The van der Waals surface area contributed by atoms with Crippen LogP contribution in [0.25, 0.3) is 0 Å². The summed E-state index contributed by atoms with van der Waals surface area (Å²) in [6.07, 6.45) is 0.990. The largest absolute Gasteiger partial charge is 0.337 e. The van der Waals surface area contributed by atoms with Crippen LogP contribution in [0.5, 0.6) is 0 Å². The first-order valence-electron chi connectivity index (χ1n) is 8.86. The van der Waals surface area contributed by atoms with Gasteiger partial charge in [-0.3, -0.25) is 4.79 Å². The number of rotatable bonds is 5. The highest BCUT2D eigenvalue weighted by molar-refractivity contribution is 8.00. The van der Waals surface area contributed by atoms with Gasteiger partial charge in [0.25, 0.3) is 0 Å². The van der Waals surface area contributed by atoms with Crippen molar-refractivity contribution in [2.75, 3.05) is 12.3 Å². The van der Waals surface area contributed by atoms with Gasteiger partial charge < -0.3 is 4.90 Å². The number of thiophene rings is 1. The maximum absolute atomic E-state index is 12.8. The van der Waals surface area contributed by atoms with Crippen LogP contribution in [0.1, 0.15) is 26.8 Å². The molecule has 1 aromatic heterocycles. The van der Waals surface area contributed by atoms with E-state index in [0.717, 1.165) is 19.5 Å². The van der Waals surface area contributed by atoms with Crippen molar-refractivity contribution in [1.29, 1.82) is 0 Å². The van der Waals surface area contributed by atoms with Gasteiger partial charge in [0.1, 0.15) is 0 Å². The third kappa shape index (κ3) is 3.87. The zero-order chi connectivity index (χ0) is 17.8. The second-order valence-corrected chi connectivity index (χ2v) is 8.54. The number of nitrogens with zero attached hydrogens (tertiary/aromatic N) is 1. The first kappa shape index (κ1) is 17.4. The standard InChI is InChI=1S/C22H21NOS2/c24-21(23-13-11-20-19(15-23)12-14-25-20)16-26-22(17-7-3-1-4-8-17)18-9-5-2-6-10-18/h1-10,12,14,22H,11,13,15-16H2. The minimum absolute atomic E-state index is 0.183. The Kier molecular flexibility index (Phi) is 5.42. The van der Waals surface area contributed by atoms with E-state index in [9.17, 15) is 4.79 Å². The van der Waals surface area contributed by atoms with Crippen LogP contribution >= 0.6 is 23.1 Å². The van der Waals surface area contributed by atoms with E-state index in [1.165, 1.54) is 21.6 Å². The van der Waals surface area contributed by atoms with Crippen molar-refractivity contribution in [3.8, 4) is 0 Å². The van der Waals surface area contributed by atoms with Crippen LogP contribution in [0.2, 0.25) is 0 Å². The quantitative estimate of drug-likeness (QED) is 0.611. The average molecular weight is 380 g/mol. The molecule has 0 bridgehead atoms. The summed E-state index contributed by atoms with van der Waals surface area (Å²) in [6, 6.07) is 23.1. The number of benzene rings is 2. The summed E-state index contributed by atoms with van der Waals surface area (Å²) in [5, 5.41) is 2.32. The molecule has 0 atom stereocenters. The second kappa shape index (κ2) is 8.11. The van der Waals surface area contributed by atoms with Crippen LogP contribution in [0, 0.1) is 0 Å². The van der Waals surface area contributed by atoms with Crippen molar-refractivity contribution < 1.29 is 4.79 Å². The van der Waals surface area contributed by atoms with E-state index in [1.54, 1.807) is 11.8 Å². The summed E-state index contributed by atoms with van der Waals surface area (Å²) in [5.74, 6) is 0.747. The molecule has 0 radical (unpaired) electrons. The first-order chi connectivity index (χ1) is 12.8. The van der Waals surface area contributed by atoms with Crippen molar-refractivity contribution in [2.45, 2.75) is 18.2 Å². The number of amides is 1. The summed E-state index contributed by atoms with van der Waals surface area (Å²) in [5.41, 5.74) is 3.81. The van der Waals surface area contributed by atoms with Gasteiger partial charge in [-0.25, -0.2) is 0 Å². The van der Waals surface area contributed by atoms with Gasteiger partial charge in [0.15, 0.2) is 0 Å². The normalized spacial score (nSPS) is 13.7. The molecule has 0 spiro atoms. The molecule has 4 rings (SSSR count). The molecule has 2 aromatic carbocycles. The van der Waals surface area contributed by atoms with E-state index in [1.807, 2.05) is 28.4 Å². The molecule has 0 saturated carbocycles. The summed E-state index contributed by atoms with van der Waals surface area (Å²) < 4.78 is 0. The minimum Gasteiger partial charge on any atom is -0.337 e. The predicted octanol–water partition coefficient (Wildman–Crippen LogP) is 5.16. The summed E-state index contributed by atoms with van der Waals surface area (Å²) in [6.45, 7) is 1.60. The van der Waals surface area contributed by atoms with Gasteiger partial charge in [-0.05, 0) is 34.6 Å². The van der Waals surface area contributed by atoms with Gasteiger partial charge in [0, 0.05) is 18.0 Å². The third-order valence-electron chi connectivity index (χ3n) is 4.74. The number of carbonyl (C=O) groups is 1. The van der Waals surface area contributed by atoms with Crippen LogP contribution < -0.4 is 0 Å². The molecule has 1 amide bonds. The van der Waals surface area contributed by atoms with Crippen LogP contribution in [-0.4, -0.2) is 23.1 Å². The van der Waals surface area contributed by atoms with Crippen LogP contribution in [0.4, 0.5) is 0 Å². The second-order valence-electron chi connectivity index (χ2n) is 6.45. The fourth-order valence-corrected chi connectivity index (χ4v) is 5.43. The van der Waals surface area contributed by atoms with Crippen molar-refractivity contribution in [1.82, 2.24) is 4.90 Å². The van der Waals surface area contributed by atoms with Crippen molar-refractivity contribution >= 4 is 29.0 Å². The average Bonchev–Trinajstić information content (AvgIpc) is 3.17. The molecule has 26 heavy (non-hydrogen) atoms. The first-order valence-corrected chi connectivity index (χ1v) is 10.8. The zero-order valence-corrected chi connectivity index (χ0v) is 16.1.